The number of H-pyrrole nitrogens is 1. The SMILES string of the molecule is C.C.C.C.C.C.COC(=O)[C@H]1C[C@@H](Br)C[C@@H]1C.COC(=O)[C@H]1C[C@H](n2cnc3c(N)nc(F)cc32)C[C@@H]1C.C[C@H]1C[C@@H](n2cnc3c(N)nc(F)cc32)C[C@@H]1C(=O)NO.C[C@H]1C[C@@H](n2cnc3c(N)nc(F)cc32)C[C@@H]1C(=O)NOCc1ccccc1.Nc1nc(F)cc2[nH]cnc12. The van der Waals surface area contributed by atoms with Crippen LogP contribution in [0.5, 0.6) is 0 Å². The third-order valence-corrected chi connectivity index (χ3v) is 18.4. The highest BCUT2D eigenvalue weighted by molar-refractivity contribution is 9.09. The van der Waals surface area contributed by atoms with Gasteiger partial charge in [-0.15, -0.1) is 0 Å². The van der Waals surface area contributed by atoms with Crippen LogP contribution in [0.15, 0.2) is 79.9 Å². The number of nitrogens with one attached hydrogen (secondary N) is 3. The minimum absolute atomic E-state index is 0. The number of alkyl halides is 1. The number of nitrogens with two attached hydrogens (primary N) is 4. The largest absolute Gasteiger partial charge is 0.469 e. The topological polar surface area (TPSA) is 378 Å². The van der Waals surface area contributed by atoms with Gasteiger partial charge in [0.15, 0.2) is 23.3 Å². The number of carbonyl (C=O) groups is 4. The Morgan fingerprint density at radius 2 is 0.898 bits per heavy atom. The lowest BCUT2D eigenvalue weighted by Gasteiger charge is -2.15. The molecule has 2 amide bonds. The predicted octanol–water partition coefficient (Wildman–Crippen LogP) is 12.6. The molecule has 12 atom stereocenters. The molecule has 0 aliphatic heterocycles. The molecule has 0 radical (unpaired) electrons. The quantitative estimate of drug-likeness (QED) is 0.0157. The second-order valence-corrected chi connectivity index (χ2v) is 25.0. The van der Waals surface area contributed by atoms with Crippen molar-refractivity contribution < 1.29 is 56.3 Å². The Kier molecular flexibility index (Phi) is 30.9. The first-order valence-electron chi connectivity index (χ1n) is 29.8. The number of nitrogens with zero attached hydrogens (tertiary/aromatic N) is 11. The summed E-state index contributed by atoms with van der Waals surface area (Å²) in [4.78, 5) is 86.4. The van der Waals surface area contributed by atoms with E-state index in [1.165, 1.54) is 44.8 Å². The molecule has 9 aromatic rings. The number of aromatic nitrogens is 12. The number of carbonyl (C=O) groups excluding carboxylic acids is 4. The first kappa shape index (κ1) is 83.1. The highest BCUT2D eigenvalue weighted by Gasteiger charge is 2.41. The van der Waals surface area contributed by atoms with E-state index in [0.717, 1.165) is 37.7 Å². The Bertz CT molecular complexity index is 3960. The smallest absolute Gasteiger partial charge is 0.309 e. The van der Waals surface area contributed by atoms with Crippen LogP contribution in [0.4, 0.5) is 40.8 Å². The number of benzene rings is 1. The van der Waals surface area contributed by atoms with Crippen molar-refractivity contribution in [2.75, 3.05) is 37.2 Å². The van der Waals surface area contributed by atoms with Crippen LogP contribution in [0.1, 0.15) is 147 Å². The van der Waals surface area contributed by atoms with Gasteiger partial charge in [-0.2, -0.15) is 17.6 Å². The van der Waals surface area contributed by atoms with E-state index in [0.29, 0.717) is 80.7 Å². The number of pyridine rings is 4. The van der Waals surface area contributed by atoms with E-state index in [9.17, 15) is 36.7 Å². The maximum Gasteiger partial charge on any atom is 0.309 e. The highest BCUT2D eigenvalue weighted by atomic mass is 79.9. The van der Waals surface area contributed by atoms with Gasteiger partial charge in [-0.3, -0.25) is 29.2 Å². The molecule has 4 aliphatic rings. The number of aromatic amines is 1. The molecule has 4 aliphatic carbocycles. The van der Waals surface area contributed by atoms with Crippen LogP contribution < -0.4 is 33.9 Å². The third-order valence-electron chi connectivity index (χ3n) is 17.7. The van der Waals surface area contributed by atoms with Gasteiger partial charge in [0.25, 0.3) is 0 Å². The molecule has 98 heavy (non-hydrogen) atoms. The zero-order chi connectivity index (χ0) is 66.2. The van der Waals surface area contributed by atoms with Gasteiger partial charge in [-0.25, -0.2) is 50.8 Å². The molecule has 31 heteroatoms. The normalized spacial score (nSPS) is 22.5. The van der Waals surface area contributed by atoms with Crippen LogP contribution in [-0.2, 0) is 40.1 Å². The van der Waals surface area contributed by atoms with Gasteiger partial charge in [0.1, 0.15) is 22.1 Å². The molecule has 4 fully saturated rings. The molecular formula is C67H97BrF4N18O8. The summed E-state index contributed by atoms with van der Waals surface area (Å²) in [6.45, 7) is 8.43. The van der Waals surface area contributed by atoms with Gasteiger partial charge in [0.2, 0.25) is 35.6 Å². The molecule has 4 saturated carbocycles. The van der Waals surface area contributed by atoms with Crippen molar-refractivity contribution in [2.45, 2.75) is 153 Å². The number of esters is 2. The van der Waals surface area contributed by atoms with E-state index in [-0.39, 0.29) is 151 Å². The lowest BCUT2D eigenvalue weighted by atomic mass is 9.98. The Balaban J connectivity index is 0.000000326. The number of nitrogen functional groups attached to an aromatic ring is 4. The number of anilines is 4. The van der Waals surface area contributed by atoms with Gasteiger partial charge in [0, 0.05) is 59.1 Å². The van der Waals surface area contributed by atoms with E-state index < -0.39 is 23.8 Å². The molecule has 0 bridgehead atoms. The number of amides is 2. The highest BCUT2D eigenvalue weighted by Crippen LogP contribution is 2.44. The Morgan fingerprint density at radius 3 is 1.30 bits per heavy atom. The van der Waals surface area contributed by atoms with Crippen LogP contribution >= 0.6 is 15.9 Å². The molecule has 0 spiro atoms. The summed E-state index contributed by atoms with van der Waals surface area (Å²) in [7, 11) is 2.85. The van der Waals surface area contributed by atoms with Crippen LogP contribution in [-0.4, -0.2) is 107 Å². The van der Waals surface area contributed by atoms with Crippen molar-refractivity contribution in [3.8, 4) is 0 Å². The van der Waals surface area contributed by atoms with Crippen LogP contribution in [0.25, 0.3) is 44.1 Å². The van der Waals surface area contributed by atoms with Crippen molar-refractivity contribution >= 4 is 107 Å². The molecule has 538 valence electrons. The second-order valence-electron chi connectivity index (χ2n) is 23.7. The van der Waals surface area contributed by atoms with Gasteiger partial charge >= 0.3 is 11.9 Å². The minimum Gasteiger partial charge on any atom is -0.469 e. The average Bonchev–Trinajstić information content (AvgIpc) is 1.63. The minimum atomic E-state index is -0.655. The third kappa shape index (κ3) is 19.0. The summed E-state index contributed by atoms with van der Waals surface area (Å²) >= 11 is 3.51. The number of hydrogen-bond acceptors (Lipinski definition) is 20. The fourth-order valence-corrected chi connectivity index (χ4v) is 14.0. The number of halogens is 5. The first-order chi connectivity index (χ1) is 44.0. The fraction of sp³-hybridized carbons (Fsp3) is 0.493. The molecule has 8 aromatic heterocycles. The van der Waals surface area contributed by atoms with E-state index >= 15 is 0 Å². The second kappa shape index (κ2) is 36.5. The van der Waals surface area contributed by atoms with Gasteiger partial charge in [0.05, 0.1) is 80.0 Å². The summed E-state index contributed by atoms with van der Waals surface area (Å²) in [5.74, 6) is -2.51. The first-order valence-corrected chi connectivity index (χ1v) is 30.7. The van der Waals surface area contributed by atoms with Crippen molar-refractivity contribution in [1.29, 1.82) is 0 Å². The number of hydrogen-bond donors (Lipinski definition) is 8. The molecule has 8 heterocycles. The van der Waals surface area contributed by atoms with Crippen LogP contribution in [0.2, 0.25) is 0 Å². The number of methoxy groups -OCH3 is 2. The standard InChI is InChI=1S/C20H22FN5O2.C14H17FN4O2.C13H16FN5O2.C8H13BrO2.C6H5FN4.6CH4/c1-12-7-14(26-11-23-18-16(26)9-17(21)24-19(18)22)8-15(12)20(27)25-28-10-13-5-3-2-4-6-13;1-7-3-8(4-9(7)14(20)21-2)19-6-17-12-10(19)5-11(15)18-13(12)16;1-6-2-7(3-8(6)13(20)18-21)19-5-16-11-9(19)4-10(14)17-12(11)15;1-5-3-6(9)4-7(5)8(10)11-2;7-4-1-3-5(6(8)11-4)10-2-9-3;;;;;;/h2-6,9,11-12,14-15H,7-8,10H2,1H3,(H2,22,24)(H,25,27);5-9H,3-4H2,1-2H3,(H2,16,18);4-8,21H,2-3H2,1H3,(H2,15,17)(H,18,20);5-7H,3-4H2,1-2H3;1-2H,(H2,8,11)(H,9,10);6*1H4/t12-,14+,15-;7-,8+,9-;6-,7+,8-;5-,6-,7-;;;;;;;/m0000......./s1. The van der Waals surface area contributed by atoms with Gasteiger partial charge in [-0.1, -0.05) is 119 Å². The van der Waals surface area contributed by atoms with Crippen LogP contribution in [0.3, 0.4) is 0 Å². The summed E-state index contributed by atoms with van der Waals surface area (Å²) in [6, 6.07) is 15.0. The maximum absolute atomic E-state index is 13.7. The summed E-state index contributed by atoms with van der Waals surface area (Å²) < 4.78 is 68.3. The molecule has 12 N–H and O–H groups in total. The Morgan fingerprint density at radius 1 is 0.531 bits per heavy atom. The van der Waals surface area contributed by atoms with Crippen molar-refractivity contribution in [2.24, 2.45) is 47.3 Å². The van der Waals surface area contributed by atoms with Crippen molar-refractivity contribution in [1.82, 2.24) is 69.5 Å². The predicted molar refractivity (Wildman–Crippen MR) is 375 cm³/mol. The number of ether oxygens (including phenoxy) is 2. The number of hydroxylamine groups is 2. The Hall–Kier alpha value is -9.10. The van der Waals surface area contributed by atoms with Crippen molar-refractivity contribution in [3.05, 3.63) is 109 Å². The molecular weight excluding hydrogens is 1340 g/mol. The average molecular weight is 1440 g/mol. The van der Waals surface area contributed by atoms with E-state index in [1.54, 1.807) is 24.5 Å². The number of rotatable bonds is 10. The fourth-order valence-electron chi connectivity index (χ4n) is 13.0. The lowest BCUT2D eigenvalue weighted by Crippen LogP contribution is -2.32. The molecule has 0 saturated heterocycles. The van der Waals surface area contributed by atoms with E-state index in [2.05, 4.69) is 73.2 Å². The zero-order valence-corrected chi connectivity index (χ0v) is 52.8. The maximum atomic E-state index is 13.7. The molecule has 0 unspecified atom stereocenters. The molecule has 26 nitrogen and oxygen atoms in total. The summed E-state index contributed by atoms with van der Waals surface area (Å²) in [5, 5.41) is 8.78. The van der Waals surface area contributed by atoms with Crippen LogP contribution in [0, 0.1) is 71.1 Å². The van der Waals surface area contributed by atoms with Gasteiger partial charge in [-0.05, 0) is 80.6 Å². The Labute approximate surface area is 577 Å². The monoisotopic (exact) mass is 1440 g/mol. The molecule has 13 rings (SSSR count). The van der Waals surface area contributed by atoms with Crippen molar-refractivity contribution in [3.63, 3.8) is 0 Å². The van der Waals surface area contributed by atoms with E-state index in [1.807, 2.05) is 64.8 Å². The summed E-state index contributed by atoms with van der Waals surface area (Å²) in [5.41, 5.74) is 32.0. The summed E-state index contributed by atoms with van der Waals surface area (Å²) in [6.07, 6.45) is 12.5. The lowest BCUT2D eigenvalue weighted by molar-refractivity contribution is -0.147. The number of fused-ring (bicyclic) bond motifs is 4. The van der Waals surface area contributed by atoms with Gasteiger partial charge < -0.3 is 51.1 Å². The zero-order valence-electron chi connectivity index (χ0n) is 51.2. The molecule has 1 aromatic carbocycles. The number of imidazole rings is 4. The van der Waals surface area contributed by atoms with E-state index in [4.69, 9.17) is 42.5 Å².